The summed E-state index contributed by atoms with van der Waals surface area (Å²) in [4.78, 5) is 14.8. The van der Waals surface area contributed by atoms with Crippen molar-refractivity contribution in [1.29, 1.82) is 0 Å². The monoisotopic (exact) mass is 381 g/mol. The Morgan fingerprint density at radius 1 is 1.35 bits per heavy atom. The van der Waals surface area contributed by atoms with Gasteiger partial charge in [0.1, 0.15) is 5.03 Å². The highest BCUT2D eigenvalue weighted by Gasteiger charge is 2.17. The Morgan fingerprint density at radius 2 is 2.04 bits per heavy atom. The van der Waals surface area contributed by atoms with Crippen LogP contribution in [0.15, 0.2) is 35.5 Å². The molecule has 1 heterocycles. The molecule has 0 saturated carbocycles. The molecule has 1 aromatic carbocycles. The lowest BCUT2D eigenvalue weighted by molar-refractivity contribution is -0.137. The quantitative estimate of drug-likeness (QED) is 0.480. The van der Waals surface area contributed by atoms with E-state index in [-0.39, 0.29) is 19.4 Å². The van der Waals surface area contributed by atoms with Gasteiger partial charge in [0.15, 0.2) is 17.4 Å². The fraction of sp³-hybridized carbons (Fsp3) is 0.368. The number of thioether (sulfide) groups is 1. The molecule has 0 radical (unpaired) electrons. The maximum atomic E-state index is 14.3. The molecule has 0 aliphatic heterocycles. The first kappa shape index (κ1) is 20.2. The van der Waals surface area contributed by atoms with Gasteiger partial charge in [-0.15, -0.1) is 11.8 Å². The SMILES string of the molecule is CC[C@H](C)Sc1ncccc1-c1cc(F)c(OCCCC(=O)O)c(F)c1. The number of hydrogen-bond acceptors (Lipinski definition) is 4. The predicted octanol–water partition coefficient (Wildman–Crippen LogP) is 5.16. The smallest absolute Gasteiger partial charge is 0.303 e. The van der Waals surface area contributed by atoms with Crippen molar-refractivity contribution in [2.75, 3.05) is 6.61 Å². The Bertz CT molecular complexity index is 747. The highest BCUT2D eigenvalue weighted by molar-refractivity contribution is 8.00. The molecule has 4 nitrogen and oxygen atoms in total. The number of halogens is 2. The summed E-state index contributed by atoms with van der Waals surface area (Å²) in [6.45, 7) is 4.07. The Morgan fingerprint density at radius 3 is 2.65 bits per heavy atom. The summed E-state index contributed by atoms with van der Waals surface area (Å²) in [5, 5.41) is 9.62. The Hall–Kier alpha value is -2.15. The molecule has 0 aliphatic rings. The van der Waals surface area contributed by atoms with Crippen LogP contribution in [0.25, 0.3) is 11.1 Å². The van der Waals surface area contributed by atoms with Gasteiger partial charge in [0, 0.05) is 23.4 Å². The van der Waals surface area contributed by atoms with Crippen molar-refractivity contribution in [2.24, 2.45) is 0 Å². The Balaban J connectivity index is 2.23. The van der Waals surface area contributed by atoms with E-state index in [0.717, 1.165) is 11.4 Å². The minimum Gasteiger partial charge on any atom is -0.488 e. The molecule has 0 bridgehead atoms. The molecule has 0 unspecified atom stereocenters. The highest BCUT2D eigenvalue weighted by atomic mass is 32.2. The molecule has 2 rings (SSSR count). The number of hydrogen-bond donors (Lipinski definition) is 1. The topological polar surface area (TPSA) is 59.4 Å². The van der Waals surface area contributed by atoms with Gasteiger partial charge in [-0.05, 0) is 36.6 Å². The van der Waals surface area contributed by atoms with E-state index in [1.54, 1.807) is 30.1 Å². The summed E-state index contributed by atoms with van der Waals surface area (Å²) in [6, 6.07) is 5.93. The van der Waals surface area contributed by atoms with Gasteiger partial charge in [-0.3, -0.25) is 4.79 Å². The van der Waals surface area contributed by atoms with Crippen molar-refractivity contribution in [3.05, 3.63) is 42.1 Å². The van der Waals surface area contributed by atoms with Crippen LogP contribution >= 0.6 is 11.8 Å². The van der Waals surface area contributed by atoms with Crippen LogP contribution in [0.3, 0.4) is 0 Å². The molecule has 1 atom stereocenters. The summed E-state index contributed by atoms with van der Waals surface area (Å²) in [7, 11) is 0. The normalized spacial score (nSPS) is 12.0. The number of aliphatic carboxylic acids is 1. The lowest BCUT2D eigenvalue weighted by atomic mass is 10.1. The van der Waals surface area contributed by atoms with Crippen LogP contribution in [0, 0.1) is 11.6 Å². The second kappa shape index (κ2) is 9.52. The molecule has 2 aromatic rings. The van der Waals surface area contributed by atoms with E-state index in [1.807, 2.05) is 0 Å². The largest absolute Gasteiger partial charge is 0.488 e. The zero-order valence-corrected chi connectivity index (χ0v) is 15.5. The summed E-state index contributed by atoms with van der Waals surface area (Å²) in [5.74, 6) is -3.11. The third kappa shape index (κ3) is 5.42. The number of nitrogens with zero attached hydrogens (tertiary/aromatic N) is 1. The van der Waals surface area contributed by atoms with Gasteiger partial charge in [-0.2, -0.15) is 0 Å². The molecule has 0 spiro atoms. The zero-order valence-electron chi connectivity index (χ0n) is 14.7. The molecule has 0 amide bonds. The molecule has 1 aromatic heterocycles. The average molecular weight is 381 g/mol. The number of aromatic nitrogens is 1. The minimum absolute atomic E-state index is 0.0680. The van der Waals surface area contributed by atoms with Crippen LogP contribution in [0.1, 0.15) is 33.1 Å². The predicted molar refractivity (Wildman–Crippen MR) is 97.6 cm³/mol. The van der Waals surface area contributed by atoms with E-state index in [1.165, 1.54) is 12.1 Å². The van der Waals surface area contributed by atoms with Gasteiger partial charge < -0.3 is 9.84 Å². The van der Waals surface area contributed by atoms with E-state index in [4.69, 9.17) is 9.84 Å². The van der Waals surface area contributed by atoms with Gasteiger partial charge >= 0.3 is 5.97 Å². The van der Waals surface area contributed by atoms with Gasteiger partial charge in [-0.25, -0.2) is 13.8 Å². The number of ether oxygens (including phenoxy) is 1. The van der Waals surface area contributed by atoms with E-state index < -0.39 is 23.4 Å². The lowest BCUT2D eigenvalue weighted by Gasteiger charge is -2.14. The molecule has 0 fully saturated rings. The van der Waals surface area contributed by atoms with Crippen molar-refractivity contribution < 1.29 is 23.4 Å². The first-order chi connectivity index (χ1) is 12.4. The van der Waals surface area contributed by atoms with Gasteiger partial charge in [-0.1, -0.05) is 19.9 Å². The molecule has 0 aliphatic carbocycles. The van der Waals surface area contributed by atoms with E-state index in [0.29, 0.717) is 16.4 Å². The van der Waals surface area contributed by atoms with Crippen molar-refractivity contribution in [3.63, 3.8) is 0 Å². The molecule has 140 valence electrons. The number of benzene rings is 1. The van der Waals surface area contributed by atoms with Crippen molar-refractivity contribution >= 4 is 17.7 Å². The van der Waals surface area contributed by atoms with Crippen LogP contribution < -0.4 is 4.74 Å². The van der Waals surface area contributed by atoms with E-state index in [2.05, 4.69) is 18.8 Å². The number of carboxylic acid groups (broad SMARTS) is 1. The lowest BCUT2D eigenvalue weighted by Crippen LogP contribution is -2.05. The fourth-order valence-corrected chi connectivity index (χ4v) is 3.21. The molecule has 1 N–H and O–H groups in total. The van der Waals surface area contributed by atoms with E-state index >= 15 is 0 Å². The molecular weight excluding hydrogens is 360 g/mol. The van der Waals surface area contributed by atoms with Crippen LogP contribution in [-0.2, 0) is 4.79 Å². The molecular formula is C19H21F2NO3S. The van der Waals surface area contributed by atoms with Crippen LogP contribution in [0.2, 0.25) is 0 Å². The Labute approximate surface area is 155 Å². The van der Waals surface area contributed by atoms with E-state index in [9.17, 15) is 13.6 Å². The first-order valence-electron chi connectivity index (χ1n) is 8.38. The summed E-state index contributed by atoms with van der Waals surface area (Å²) in [6.07, 6.45) is 2.66. The minimum atomic E-state index is -0.979. The maximum absolute atomic E-state index is 14.3. The third-order valence-electron chi connectivity index (χ3n) is 3.75. The number of carbonyl (C=O) groups is 1. The molecule has 7 heteroatoms. The van der Waals surface area contributed by atoms with Gasteiger partial charge in [0.25, 0.3) is 0 Å². The molecule has 0 saturated heterocycles. The summed E-state index contributed by atoms with van der Waals surface area (Å²) in [5.41, 5.74) is 1.05. The second-order valence-corrected chi connectivity index (χ2v) is 7.23. The summed E-state index contributed by atoms with van der Waals surface area (Å²) < 4.78 is 33.8. The Kier molecular flexibility index (Phi) is 7.38. The van der Waals surface area contributed by atoms with Crippen molar-refractivity contribution in [1.82, 2.24) is 4.98 Å². The number of pyridine rings is 1. The van der Waals surface area contributed by atoms with Crippen LogP contribution in [0.5, 0.6) is 5.75 Å². The van der Waals surface area contributed by atoms with Gasteiger partial charge in [0.05, 0.1) is 6.61 Å². The maximum Gasteiger partial charge on any atom is 0.303 e. The first-order valence-corrected chi connectivity index (χ1v) is 9.26. The third-order valence-corrected chi connectivity index (χ3v) is 5.03. The summed E-state index contributed by atoms with van der Waals surface area (Å²) >= 11 is 1.56. The van der Waals surface area contributed by atoms with Crippen molar-refractivity contribution in [2.45, 2.75) is 43.4 Å². The zero-order chi connectivity index (χ0) is 19.1. The van der Waals surface area contributed by atoms with Crippen LogP contribution in [-0.4, -0.2) is 27.9 Å². The highest BCUT2D eigenvalue weighted by Crippen LogP contribution is 2.35. The molecule has 26 heavy (non-hydrogen) atoms. The van der Waals surface area contributed by atoms with Crippen LogP contribution in [0.4, 0.5) is 8.78 Å². The fourth-order valence-electron chi connectivity index (χ4n) is 2.23. The standard InChI is InChI=1S/C19H21F2NO3S/c1-3-12(2)26-19-14(6-4-8-22-19)13-10-15(20)18(16(21)11-13)25-9-5-7-17(23)24/h4,6,8,10-12H,3,5,7,9H2,1-2H3,(H,23,24)/t12-/m0/s1. The average Bonchev–Trinajstić information content (AvgIpc) is 2.60. The van der Waals surface area contributed by atoms with Gasteiger partial charge in [0.2, 0.25) is 0 Å². The number of carboxylic acids is 1. The number of rotatable bonds is 9. The van der Waals surface area contributed by atoms with Crippen molar-refractivity contribution in [3.8, 4) is 16.9 Å². The second-order valence-electron chi connectivity index (χ2n) is 5.81.